The maximum atomic E-state index is 12.2. The normalized spacial score (nSPS) is 10.7. The van der Waals surface area contributed by atoms with Crippen LogP contribution in [0.15, 0.2) is 66.0 Å². The first-order valence-corrected chi connectivity index (χ1v) is 9.89. The Kier molecular flexibility index (Phi) is 5.50. The van der Waals surface area contributed by atoms with Crippen LogP contribution in [0.1, 0.15) is 10.5 Å². The first kappa shape index (κ1) is 19.0. The minimum atomic E-state index is -0.665. The number of ether oxygens (including phenoxy) is 1. The van der Waals surface area contributed by atoms with Crippen LogP contribution in [0.4, 0.5) is 5.13 Å². The number of thiazole rings is 1. The Labute approximate surface area is 175 Å². The van der Waals surface area contributed by atoms with Gasteiger partial charge >= 0.3 is 5.97 Å². The molecule has 0 spiro atoms. The van der Waals surface area contributed by atoms with Crippen molar-refractivity contribution in [2.24, 2.45) is 0 Å². The quantitative estimate of drug-likeness (QED) is 0.466. The zero-order valence-corrected chi connectivity index (χ0v) is 16.5. The molecule has 0 atom stereocenters. The average Bonchev–Trinajstić information content (AvgIpc) is 3.20. The van der Waals surface area contributed by atoms with Crippen molar-refractivity contribution >= 4 is 50.8 Å². The third-order valence-electron chi connectivity index (χ3n) is 4.04. The summed E-state index contributed by atoms with van der Waals surface area (Å²) in [6.07, 6.45) is 0. The van der Waals surface area contributed by atoms with Gasteiger partial charge in [-0.1, -0.05) is 54.1 Å². The second kappa shape index (κ2) is 8.38. The molecule has 0 saturated carbocycles. The van der Waals surface area contributed by atoms with Gasteiger partial charge in [-0.15, -0.1) is 11.3 Å². The smallest absolute Gasteiger partial charge is 0.357 e. The lowest BCUT2D eigenvalue weighted by Crippen LogP contribution is -2.21. The van der Waals surface area contributed by atoms with Gasteiger partial charge in [-0.3, -0.25) is 10.1 Å². The Morgan fingerprint density at radius 3 is 2.66 bits per heavy atom. The molecule has 2 aromatic heterocycles. The van der Waals surface area contributed by atoms with Crippen molar-refractivity contribution in [3.63, 3.8) is 0 Å². The number of hydrogen-bond donors (Lipinski definition) is 1. The van der Waals surface area contributed by atoms with Crippen LogP contribution in [-0.4, -0.2) is 28.5 Å². The summed E-state index contributed by atoms with van der Waals surface area (Å²) in [6.45, 7) is -0.436. The second-order valence-electron chi connectivity index (χ2n) is 6.03. The van der Waals surface area contributed by atoms with Gasteiger partial charge in [-0.2, -0.15) is 0 Å². The van der Waals surface area contributed by atoms with Crippen molar-refractivity contribution in [1.29, 1.82) is 0 Å². The number of pyridine rings is 1. The molecule has 29 heavy (non-hydrogen) atoms. The minimum Gasteiger partial charge on any atom is -0.451 e. The largest absolute Gasteiger partial charge is 0.451 e. The highest BCUT2D eigenvalue weighted by Gasteiger charge is 2.14. The van der Waals surface area contributed by atoms with Gasteiger partial charge in [-0.25, -0.2) is 14.8 Å². The fourth-order valence-electron chi connectivity index (χ4n) is 2.66. The summed E-state index contributed by atoms with van der Waals surface area (Å²) in [6, 6.07) is 18.1. The Morgan fingerprint density at radius 1 is 1.00 bits per heavy atom. The number of fused-ring (bicyclic) bond motifs is 1. The van der Waals surface area contributed by atoms with E-state index in [2.05, 4.69) is 15.3 Å². The van der Waals surface area contributed by atoms with Crippen LogP contribution in [0.5, 0.6) is 0 Å². The van der Waals surface area contributed by atoms with Crippen LogP contribution in [0.25, 0.3) is 22.2 Å². The summed E-state index contributed by atoms with van der Waals surface area (Å²) >= 11 is 7.43. The molecule has 2 aromatic carbocycles. The second-order valence-corrected chi connectivity index (χ2v) is 7.30. The maximum absolute atomic E-state index is 12.2. The number of hydrogen-bond acceptors (Lipinski definition) is 6. The number of benzene rings is 2. The molecule has 0 aliphatic rings. The summed E-state index contributed by atoms with van der Waals surface area (Å²) in [7, 11) is 0. The highest BCUT2D eigenvalue weighted by Crippen LogP contribution is 2.30. The third-order valence-corrected chi connectivity index (χ3v) is 5.13. The zero-order chi connectivity index (χ0) is 20.2. The Hall–Kier alpha value is -3.29. The molecule has 0 radical (unpaired) electrons. The van der Waals surface area contributed by atoms with Crippen LogP contribution in [-0.2, 0) is 9.53 Å². The molecule has 1 amide bonds. The predicted molar refractivity (Wildman–Crippen MR) is 113 cm³/mol. The molecule has 0 unspecified atom stereocenters. The predicted octanol–water partition coefficient (Wildman–Crippen LogP) is 4.81. The molecule has 0 aliphatic carbocycles. The van der Waals surface area contributed by atoms with Crippen LogP contribution in [0.3, 0.4) is 0 Å². The number of anilines is 1. The van der Waals surface area contributed by atoms with E-state index in [-0.39, 0.29) is 5.69 Å². The Bertz CT molecular complexity index is 1210. The molecular formula is C21H14ClN3O3S. The van der Waals surface area contributed by atoms with Crippen LogP contribution in [0, 0.1) is 0 Å². The number of rotatable bonds is 5. The maximum Gasteiger partial charge on any atom is 0.357 e. The SMILES string of the molecule is O=C(COC(=O)c1ccc2ccccc2n1)Nc1nc(-c2ccccc2Cl)cs1. The summed E-state index contributed by atoms with van der Waals surface area (Å²) in [4.78, 5) is 32.9. The molecule has 0 fully saturated rings. The molecule has 144 valence electrons. The molecular weight excluding hydrogens is 410 g/mol. The van der Waals surface area contributed by atoms with Gasteiger partial charge in [0.05, 0.1) is 11.2 Å². The number of para-hydroxylation sites is 1. The summed E-state index contributed by atoms with van der Waals surface area (Å²) in [5.74, 6) is -1.15. The van der Waals surface area contributed by atoms with Crippen molar-refractivity contribution in [3.8, 4) is 11.3 Å². The van der Waals surface area contributed by atoms with Gasteiger partial charge in [0.25, 0.3) is 5.91 Å². The van der Waals surface area contributed by atoms with E-state index < -0.39 is 18.5 Å². The first-order chi connectivity index (χ1) is 14.1. The van der Waals surface area contributed by atoms with Crippen LogP contribution >= 0.6 is 22.9 Å². The van der Waals surface area contributed by atoms with Crippen molar-refractivity contribution in [3.05, 3.63) is 76.8 Å². The number of aromatic nitrogens is 2. The first-order valence-electron chi connectivity index (χ1n) is 8.63. The molecule has 6 nitrogen and oxygen atoms in total. The molecule has 2 heterocycles. The van der Waals surface area contributed by atoms with Gasteiger partial charge in [-0.05, 0) is 18.2 Å². The highest BCUT2D eigenvalue weighted by molar-refractivity contribution is 7.14. The summed E-state index contributed by atoms with van der Waals surface area (Å²) in [5.41, 5.74) is 2.26. The topological polar surface area (TPSA) is 81.2 Å². The molecule has 8 heteroatoms. The number of carbonyl (C=O) groups excluding carboxylic acids is 2. The fourth-order valence-corrected chi connectivity index (χ4v) is 3.62. The minimum absolute atomic E-state index is 0.145. The van der Waals surface area contributed by atoms with Crippen molar-refractivity contribution in [2.75, 3.05) is 11.9 Å². The third kappa shape index (κ3) is 4.42. The molecule has 4 aromatic rings. The summed E-state index contributed by atoms with van der Waals surface area (Å²) in [5, 5.41) is 6.30. The Balaban J connectivity index is 1.36. The molecule has 0 saturated heterocycles. The number of carbonyl (C=O) groups is 2. The number of nitrogens with one attached hydrogen (secondary N) is 1. The van der Waals surface area contributed by atoms with Crippen molar-refractivity contribution in [1.82, 2.24) is 9.97 Å². The zero-order valence-electron chi connectivity index (χ0n) is 15.0. The van der Waals surface area contributed by atoms with E-state index >= 15 is 0 Å². The highest BCUT2D eigenvalue weighted by atomic mass is 35.5. The number of halogens is 1. The molecule has 4 rings (SSSR count). The molecule has 0 aliphatic heterocycles. The number of amides is 1. The van der Waals surface area contributed by atoms with E-state index in [1.165, 1.54) is 11.3 Å². The van der Waals surface area contributed by atoms with Crippen molar-refractivity contribution < 1.29 is 14.3 Å². The average molecular weight is 424 g/mol. The number of nitrogens with zero attached hydrogens (tertiary/aromatic N) is 2. The van der Waals surface area contributed by atoms with E-state index in [1.807, 2.05) is 36.4 Å². The van der Waals surface area contributed by atoms with E-state index in [9.17, 15) is 9.59 Å². The van der Waals surface area contributed by atoms with E-state index in [1.54, 1.807) is 29.6 Å². The standard InChI is InChI=1S/C21H14ClN3O3S/c22-15-7-3-2-6-14(15)18-12-29-21(24-18)25-19(26)11-28-20(27)17-10-9-13-5-1-4-8-16(13)23-17/h1-10,12H,11H2,(H,24,25,26). The van der Waals surface area contributed by atoms with E-state index in [0.717, 1.165) is 10.9 Å². The van der Waals surface area contributed by atoms with Crippen LogP contribution in [0.2, 0.25) is 5.02 Å². The van der Waals surface area contributed by atoms with Gasteiger partial charge < -0.3 is 4.74 Å². The lowest BCUT2D eigenvalue weighted by Gasteiger charge is -2.05. The van der Waals surface area contributed by atoms with E-state index in [4.69, 9.17) is 16.3 Å². The molecule has 0 bridgehead atoms. The lowest BCUT2D eigenvalue weighted by molar-refractivity contribution is -0.119. The van der Waals surface area contributed by atoms with Gasteiger partial charge in [0.15, 0.2) is 11.7 Å². The fraction of sp³-hybridized carbons (Fsp3) is 0.0476. The van der Waals surface area contributed by atoms with Gasteiger partial charge in [0.1, 0.15) is 5.69 Å². The van der Waals surface area contributed by atoms with Gasteiger partial charge in [0, 0.05) is 21.4 Å². The number of esters is 1. The van der Waals surface area contributed by atoms with E-state index in [0.29, 0.717) is 21.4 Å². The van der Waals surface area contributed by atoms with Crippen LogP contribution < -0.4 is 5.32 Å². The van der Waals surface area contributed by atoms with Gasteiger partial charge in [0.2, 0.25) is 0 Å². The lowest BCUT2D eigenvalue weighted by atomic mass is 10.2. The monoisotopic (exact) mass is 423 g/mol. The molecule has 1 N–H and O–H groups in total. The Morgan fingerprint density at radius 2 is 1.79 bits per heavy atom. The summed E-state index contributed by atoms with van der Waals surface area (Å²) < 4.78 is 5.06. The van der Waals surface area contributed by atoms with Crippen molar-refractivity contribution in [2.45, 2.75) is 0 Å².